The first-order chi connectivity index (χ1) is 9.40. The van der Waals surface area contributed by atoms with Gasteiger partial charge in [0.2, 0.25) is 0 Å². The lowest BCUT2D eigenvalue weighted by Crippen LogP contribution is -2.37. The molecular formula is C15H28N4O2. The number of ether oxygens (including phenoxy) is 1. The second kappa shape index (κ2) is 6.05. The number of carbonyl (C=O) groups is 1. The number of nitrogens with zero attached hydrogens (tertiary/aromatic N) is 2. The van der Waals surface area contributed by atoms with Crippen molar-refractivity contribution in [2.45, 2.75) is 58.6 Å². The number of aromatic nitrogens is 2. The zero-order chi connectivity index (χ0) is 16.4. The Balaban J connectivity index is 2.73. The predicted molar refractivity (Wildman–Crippen MR) is 83.1 cm³/mol. The van der Waals surface area contributed by atoms with Crippen LogP contribution >= 0.6 is 0 Å². The highest BCUT2D eigenvalue weighted by Crippen LogP contribution is 2.27. The summed E-state index contributed by atoms with van der Waals surface area (Å²) in [6.07, 6.45) is 1.45. The van der Waals surface area contributed by atoms with Crippen LogP contribution in [0, 0.1) is 0 Å². The number of alkyl carbamates (subject to hydrolysis) is 1. The highest BCUT2D eigenvalue weighted by Gasteiger charge is 2.25. The van der Waals surface area contributed by atoms with Gasteiger partial charge in [-0.1, -0.05) is 20.8 Å². The zero-order valence-corrected chi connectivity index (χ0v) is 14.2. The monoisotopic (exact) mass is 296 g/mol. The summed E-state index contributed by atoms with van der Waals surface area (Å²) in [5.41, 5.74) is 7.48. The third-order valence-electron chi connectivity index (χ3n) is 2.83. The number of nitrogens with two attached hydrogens (primary N) is 1. The van der Waals surface area contributed by atoms with E-state index >= 15 is 0 Å². The predicted octanol–water partition coefficient (Wildman–Crippen LogP) is 2.24. The topological polar surface area (TPSA) is 82.2 Å². The van der Waals surface area contributed by atoms with Gasteiger partial charge in [0.1, 0.15) is 5.60 Å². The zero-order valence-electron chi connectivity index (χ0n) is 14.2. The molecule has 1 atom stereocenters. The van der Waals surface area contributed by atoms with Crippen LogP contribution in [0.15, 0.2) is 6.20 Å². The third-order valence-corrected chi connectivity index (χ3v) is 2.83. The molecule has 0 fully saturated rings. The molecule has 1 heterocycles. The number of aryl methyl sites for hydroxylation is 1. The maximum atomic E-state index is 11.7. The van der Waals surface area contributed by atoms with Gasteiger partial charge < -0.3 is 15.8 Å². The van der Waals surface area contributed by atoms with Crippen molar-refractivity contribution in [1.29, 1.82) is 0 Å². The standard InChI is InChI=1S/C15H28N4O2/c1-14(2,3)12-10(9-19(7)18-12)11(16)8-17-13(20)21-15(4,5)6/h9,11H,8,16H2,1-7H3,(H,17,20). The molecule has 0 saturated heterocycles. The fraction of sp³-hybridized carbons (Fsp3) is 0.733. The first-order valence-electron chi connectivity index (χ1n) is 7.16. The Morgan fingerprint density at radius 3 is 2.43 bits per heavy atom. The van der Waals surface area contributed by atoms with Crippen LogP contribution < -0.4 is 11.1 Å². The maximum Gasteiger partial charge on any atom is 0.407 e. The van der Waals surface area contributed by atoms with E-state index in [-0.39, 0.29) is 11.5 Å². The summed E-state index contributed by atoms with van der Waals surface area (Å²) in [6.45, 7) is 12.1. The summed E-state index contributed by atoms with van der Waals surface area (Å²) in [6, 6.07) is -0.319. The minimum atomic E-state index is -0.515. The first-order valence-corrected chi connectivity index (χ1v) is 7.16. The Labute approximate surface area is 127 Å². The summed E-state index contributed by atoms with van der Waals surface area (Å²) < 4.78 is 6.95. The molecule has 0 aromatic carbocycles. The van der Waals surface area contributed by atoms with Crippen molar-refractivity contribution in [3.63, 3.8) is 0 Å². The van der Waals surface area contributed by atoms with Crippen molar-refractivity contribution in [3.8, 4) is 0 Å². The van der Waals surface area contributed by atoms with Crippen LogP contribution in [0.25, 0.3) is 0 Å². The van der Waals surface area contributed by atoms with E-state index in [4.69, 9.17) is 10.5 Å². The van der Waals surface area contributed by atoms with E-state index in [0.717, 1.165) is 11.3 Å². The Bertz CT molecular complexity index is 495. The van der Waals surface area contributed by atoms with Crippen molar-refractivity contribution < 1.29 is 9.53 Å². The number of hydrogen-bond acceptors (Lipinski definition) is 4. The Kier molecular flexibility index (Phi) is 5.04. The van der Waals surface area contributed by atoms with E-state index < -0.39 is 11.7 Å². The summed E-state index contributed by atoms with van der Waals surface area (Å²) >= 11 is 0. The van der Waals surface area contributed by atoms with Crippen molar-refractivity contribution in [3.05, 3.63) is 17.5 Å². The van der Waals surface area contributed by atoms with Crippen LogP contribution in [-0.4, -0.2) is 28.0 Å². The van der Waals surface area contributed by atoms with Crippen LogP contribution in [-0.2, 0) is 17.2 Å². The quantitative estimate of drug-likeness (QED) is 0.896. The van der Waals surface area contributed by atoms with Crippen molar-refractivity contribution >= 4 is 6.09 Å². The van der Waals surface area contributed by atoms with Gasteiger partial charge in [-0.3, -0.25) is 4.68 Å². The molecule has 0 aliphatic heterocycles. The highest BCUT2D eigenvalue weighted by molar-refractivity contribution is 5.67. The van der Waals surface area contributed by atoms with Gasteiger partial charge in [0.15, 0.2) is 0 Å². The first kappa shape index (κ1) is 17.5. The molecule has 6 nitrogen and oxygen atoms in total. The lowest BCUT2D eigenvalue weighted by atomic mass is 9.87. The number of hydrogen-bond donors (Lipinski definition) is 2. The Morgan fingerprint density at radius 2 is 1.95 bits per heavy atom. The molecule has 0 saturated carbocycles. The molecule has 0 bridgehead atoms. The molecule has 120 valence electrons. The Morgan fingerprint density at radius 1 is 1.38 bits per heavy atom. The molecule has 6 heteroatoms. The lowest BCUT2D eigenvalue weighted by molar-refractivity contribution is 0.0524. The molecule has 0 aliphatic carbocycles. The summed E-state index contributed by atoms with van der Waals surface area (Å²) in [7, 11) is 1.87. The van der Waals surface area contributed by atoms with E-state index in [9.17, 15) is 4.79 Å². The van der Waals surface area contributed by atoms with Crippen LogP contribution in [0.2, 0.25) is 0 Å². The molecule has 21 heavy (non-hydrogen) atoms. The molecule has 0 spiro atoms. The van der Waals surface area contributed by atoms with Crippen LogP contribution in [0.1, 0.15) is 58.8 Å². The van der Waals surface area contributed by atoms with Crippen LogP contribution in [0.5, 0.6) is 0 Å². The minimum absolute atomic E-state index is 0.0971. The van der Waals surface area contributed by atoms with Crippen molar-refractivity contribution in [2.24, 2.45) is 12.8 Å². The van der Waals surface area contributed by atoms with Gasteiger partial charge in [-0.15, -0.1) is 0 Å². The summed E-state index contributed by atoms with van der Waals surface area (Å²) in [5.74, 6) is 0. The SMILES string of the molecule is Cn1cc(C(N)CNC(=O)OC(C)(C)C)c(C(C)(C)C)n1. The number of carbonyl (C=O) groups excluding carboxylic acids is 1. The minimum Gasteiger partial charge on any atom is -0.444 e. The van der Waals surface area contributed by atoms with Gasteiger partial charge in [0.05, 0.1) is 11.7 Å². The second-order valence-electron chi connectivity index (χ2n) is 7.35. The molecule has 1 unspecified atom stereocenters. The molecular weight excluding hydrogens is 268 g/mol. The molecule has 1 aromatic rings. The fourth-order valence-corrected chi connectivity index (χ4v) is 1.98. The van der Waals surface area contributed by atoms with E-state index in [0.29, 0.717) is 6.54 Å². The van der Waals surface area contributed by atoms with Gasteiger partial charge in [0, 0.05) is 30.8 Å². The normalized spacial score (nSPS) is 13.9. The molecule has 1 aromatic heterocycles. The molecule has 1 amide bonds. The fourth-order valence-electron chi connectivity index (χ4n) is 1.98. The average Bonchev–Trinajstić information content (AvgIpc) is 2.65. The summed E-state index contributed by atoms with van der Waals surface area (Å²) in [4.78, 5) is 11.7. The third kappa shape index (κ3) is 5.38. The maximum absolute atomic E-state index is 11.7. The average molecular weight is 296 g/mol. The molecule has 1 rings (SSSR count). The van der Waals surface area contributed by atoms with Crippen molar-refractivity contribution in [2.75, 3.05) is 6.54 Å². The van der Waals surface area contributed by atoms with E-state index in [1.165, 1.54) is 0 Å². The number of nitrogens with one attached hydrogen (secondary N) is 1. The van der Waals surface area contributed by atoms with E-state index in [1.807, 2.05) is 34.0 Å². The molecule has 0 aliphatic rings. The van der Waals surface area contributed by atoms with Crippen molar-refractivity contribution in [1.82, 2.24) is 15.1 Å². The van der Waals surface area contributed by atoms with Crippen LogP contribution in [0.4, 0.5) is 4.79 Å². The van der Waals surface area contributed by atoms with Gasteiger partial charge in [-0.05, 0) is 20.8 Å². The lowest BCUT2D eigenvalue weighted by Gasteiger charge is -2.22. The number of rotatable bonds is 3. The molecule has 3 N–H and O–H groups in total. The smallest absolute Gasteiger partial charge is 0.407 e. The molecule has 0 radical (unpaired) electrons. The second-order valence-corrected chi connectivity index (χ2v) is 7.35. The van der Waals surface area contributed by atoms with E-state index in [2.05, 4.69) is 31.2 Å². The Hall–Kier alpha value is -1.56. The number of amides is 1. The van der Waals surface area contributed by atoms with Crippen LogP contribution in [0.3, 0.4) is 0 Å². The summed E-state index contributed by atoms with van der Waals surface area (Å²) in [5, 5.41) is 7.18. The van der Waals surface area contributed by atoms with Gasteiger partial charge in [-0.25, -0.2) is 4.79 Å². The van der Waals surface area contributed by atoms with Gasteiger partial charge >= 0.3 is 6.09 Å². The van der Waals surface area contributed by atoms with E-state index in [1.54, 1.807) is 4.68 Å². The van der Waals surface area contributed by atoms with Gasteiger partial charge in [-0.2, -0.15) is 5.10 Å². The van der Waals surface area contributed by atoms with Gasteiger partial charge in [0.25, 0.3) is 0 Å². The largest absolute Gasteiger partial charge is 0.444 e. The highest BCUT2D eigenvalue weighted by atomic mass is 16.6.